The van der Waals surface area contributed by atoms with Gasteiger partial charge in [-0.25, -0.2) is 4.57 Å². The van der Waals surface area contributed by atoms with Crippen LogP contribution in [0.4, 0.5) is 0 Å². The first kappa shape index (κ1) is 65.2. The molecule has 0 aromatic rings. The largest absolute Gasteiger partial charge is 0.472 e. The van der Waals surface area contributed by atoms with E-state index in [-0.39, 0.29) is 19.1 Å². The van der Waals surface area contributed by atoms with Crippen molar-refractivity contribution in [3.63, 3.8) is 0 Å². The Morgan fingerprint density at radius 2 is 0.896 bits per heavy atom. The predicted molar refractivity (Wildman–Crippen MR) is 290 cm³/mol. The maximum absolute atomic E-state index is 12.9. The maximum atomic E-state index is 12.9. The van der Waals surface area contributed by atoms with E-state index in [4.69, 9.17) is 9.05 Å². The molecule has 0 aliphatic rings. The van der Waals surface area contributed by atoms with Crippen LogP contribution in [0.25, 0.3) is 0 Å². The molecular weight excluding hydrogens is 852 g/mol. The summed E-state index contributed by atoms with van der Waals surface area (Å²) in [6, 6.07) is -0.756. The molecular formula is C58H110N2O6P+. The van der Waals surface area contributed by atoms with E-state index in [1.165, 1.54) is 154 Å². The van der Waals surface area contributed by atoms with E-state index in [2.05, 4.69) is 79.9 Å². The highest BCUT2D eigenvalue weighted by Crippen LogP contribution is 2.43. The van der Waals surface area contributed by atoms with Crippen molar-refractivity contribution < 1.29 is 32.9 Å². The Bertz CT molecular complexity index is 1270. The van der Waals surface area contributed by atoms with Gasteiger partial charge in [0.25, 0.3) is 0 Å². The molecule has 0 aromatic heterocycles. The average Bonchev–Trinajstić information content (AvgIpc) is 3.29. The summed E-state index contributed by atoms with van der Waals surface area (Å²) in [5.74, 6) is -0.147. The predicted octanol–water partition coefficient (Wildman–Crippen LogP) is 16.9. The van der Waals surface area contributed by atoms with Crippen LogP contribution in [-0.4, -0.2) is 73.4 Å². The quantitative estimate of drug-likeness (QED) is 0.0243. The number of rotatable bonds is 51. The first-order chi connectivity index (χ1) is 32.5. The Balaban J connectivity index is 3.73. The standard InChI is InChI=1S/C58H109N2O6P/c1-6-8-10-12-14-15-16-17-18-19-20-21-22-23-24-25-26-27-28-29-30-31-32-33-34-35-36-37-38-39-40-41-42-43-44-45-46-48-50-52-58(62)59-56(57(61)51-49-47-13-11-9-7-2)55-66-67(63,64)65-54-53-60(3,4)5/h8,10,14-15,17-18,20-21,23-24,56-57,61H,6-7,9,11-13,16,19,22,25-55H2,1-5H3,(H-,59,62,63,64)/p+1/b10-8-,15-14-,18-17-,21-20-,24-23-. The lowest BCUT2D eigenvalue weighted by Crippen LogP contribution is -2.46. The first-order valence-corrected chi connectivity index (χ1v) is 29.6. The number of phosphoric ester groups is 1. The zero-order valence-electron chi connectivity index (χ0n) is 44.6. The number of hydrogen-bond donors (Lipinski definition) is 3. The van der Waals surface area contributed by atoms with Crippen LogP contribution in [-0.2, 0) is 18.4 Å². The van der Waals surface area contributed by atoms with E-state index in [0.717, 1.165) is 70.6 Å². The molecule has 392 valence electrons. The molecule has 3 unspecified atom stereocenters. The third-order valence-electron chi connectivity index (χ3n) is 12.5. The molecule has 0 saturated heterocycles. The molecule has 0 bridgehead atoms. The normalized spacial score (nSPS) is 14.4. The van der Waals surface area contributed by atoms with Crippen LogP contribution in [0.2, 0.25) is 0 Å². The number of likely N-dealkylation sites (N-methyl/N-ethyl adjacent to an activating group) is 1. The van der Waals surface area contributed by atoms with Gasteiger partial charge in [0.05, 0.1) is 39.9 Å². The summed E-state index contributed by atoms with van der Waals surface area (Å²) in [5, 5.41) is 13.8. The Hall–Kier alpha value is -1.80. The van der Waals surface area contributed by atoms with Crippen molar-refractivity contribution in [2.24, 2.45) is 0 Å². The van der Waals surface area contributed by atoms with E-state index < -0.39 is 20.0 Å². The van der Waals surface area contributed by atoms with Crippen LogP contribution in [0.3, 0.4) is 0 Å². The van der Waals surface area contributed by atoms with Crippen LogP contribution < -0.4 is 5.32 Å². The van der Waals surface area contributed by atoms with Gasteiger partial charge in [-0.05, 0) is 57.8 Å². The van der Waals surface area contributed by atoms with Crippen LogP contribution in [0.15, 0.2) is 60.8 Å². The van der Waals surface area contributed by atoms with Gasteiger partial charge in [0, 0.05) is 6.42 Å². The van der Waals surface area contributed by atoms with Crippen LogP contribution in [0, 0.1) is 0 Å². The summed E-state index contributed by atoms with van der Waals surface area (Å²) < 4.78 is 23.5. The van der Waals surface area contributed by atoms with Gasteiger partial charge >= 0.3 is 7.82 Å². The fourth-order valence-electron chi connectivity index (χ4n) is 8.13. The number of allylic oxidation sites excluding steroid dienone is 10. The van der Waals surface area contributed by atoms with Crippen LogP contribution in [0.5, 0.6) is 0 Å². The highest BCUT2D eigenvalue weighted by molar-refractivity contribution is 7.47. The van der Waals surface area contributed by atoms with Crippen LogP contribution in [0.1, 0.15) is 251 Å². The molecule has 67 heavy (non-hydrogen) atoms. The lowest BCUT2D eigenvalue weighted by atomic mass is 10.0. The monoisotopic (exact) mass is 962 g/mol. The molecule has 3 N–H and O–H groups in total. The summed E-state index contributed by atoms with van der Waals surface area (Å²) in [6.45, 7) is 4.71. The number of carbonyl (C=O) groups is 1. The number of nitrogens with one attached hydrogen (secondary N) is 1. The minimum Gasteiger partial charge on any atom is -0.391 e. The molecule has 8 nitrogen and oxygen atoms in total. The van der Waals surface area contributed by atoms with Crippen molar-refractivity contribution in [2.45, 2.75) is 264 Å². The van der Waals surface area contributed by atoms with E-state index in [1.54, 1.807) is 0 Å². The van der Waals surface area contributed by atoms with Gasteiger partial charge in [0.15, 0.2) is 0 Å². The second-order valence-electron chi connectivity index (χ2n) is 20.3. The van der Waals surface area contributed by atoms with E-state index in [0.29, 0.717) is 23.9 Å². The Labute approximate surface area is 415 Å². The zero-order valence-corrected chi connectivity index (χ0v) is 45.5. The second-order valence-corrected chi connectivity index (χ2v) is 21.7. The van der Waals surface area contributed by atoms with Gasteiger partial charge < -0.3 is 19.8 Å². The molecule has 0 rings (SSSR count). The van der Waals surface area contributed by atoms with E-state index in [9.17, 15) is 19.4 Å². The summed E-state index contributed by atoms with van der Waals surface area (Å²) >= 11 is 0. The summed E-state index contributed by atoms with van der Waals surface area (Å²) in [4.78, 5) is 23.1. The van der Waals surface area contributed by atoms with Crippen molar-refractivity contribution in [3.8, 4) is 0 Å². The number of nitrogens with zero attached hydrogens (tertiary/aromatic N) is 1. The summed E-state index contributed by atoms with van der Waals surface area (Å²) in [5.41, 5.74) is 0. The molecule has 0 heterocycles. The number of unbranched alkanes of at least 4 members (excludes halogenated alkanes) is 28. The summed E-state index contributed by atoms with van der Waals surface area (Å²) in [7, 11) is 1.62. The van der Waals surface area contributed by atoms with Gasteiger partial charge in [-0.3, -0.25) is 13.8 Å². The minimum atomic E-state index is -4.30. The third-order valence-corrected chi connectivity index (χ3v) is 13.5. The topological polar surface area (TPSA) is 105 Å². The number of amides is 1. The number of phosphoric acid groups is 1. The fourth-order valence-corrected chi connectivity index (χ4v) is 8.87. The smallest absolute Gasteiger partial charge is 0.391 e. The van der Waals surface area contributed by atoms with E-state index >= 15 is 0 Å². The molecule has 3 atom stereocenters. The third kappa shape index (κ3) is 51.9. The second kappa shape index (κ2) is 49.2. The van der Waals surface area contributed by atoms with Gasteiger partial charge in [0.2, 0.25) is 5.91 Å². The van der Waals surface area contributed by atoms with Crippen LogP contribution >= 0.6 is 7.82 Å². The number of aliphatic hydroxyl groups is 1. The summed E-state index contributed by atoms with van der Waals surface area (Å²) in [6.07, 6.45) is 66.3. The van der Waals surface area contributed by atoms with Crippen molar-refractivity contribution in [1.29, 1.82) is 0 Å². The highest BCUT2D eigenvalue weighted by atomic mass is 31.2. The van der Waals surface area contributed by atoms with Crippen molar-refractivity contribution >= 4 is 13.7 Å². The molecule has 0 fully saturated rings. The zero-order chi connectivity index (χ0) is 49.2. The molecule has 0 aliphatic carbocycles. The molecule has 0 spiro atoms. The number of aliphatic hydroxyl groups excluding tert-OH is 1. The van der Waals surface area contributed by atoms with Gasteiger partial charge in [-0.15, -0.1) is 0 Å². The van der Waals surface area contributed by atoms with Crippen molar-refractivity contribution in [2.75, 3.05) is 40.9 Å². The molecule has 1 amide bonds. The molecule has 0 aliphatic heterocycles. The first-order valence-electron chi connectivity index (χ1n) is 28.2. The lowest BCUT2D eigenvalue weighted by molar-refractivity contribution is -0.870. The molecule has 0 saturated carbocycles. The SMILES string of the molecule is CC/C=C\C/C=C\C/C=C\C/C=C\C/C=C\CCCCCCCCCCCCCCCCCCCCCCCCCC(=O)NC(COP(=O)(O)OCC[N+](C)(C)C)C(O)CCCCCCCC. The fraction of sp³-hybridized carbons (Fsp3) is 0.810. The van der Waals surface area contributed by atoms with Crippen molar-refractivity contribution in [1.82, 2.24) is 5.32 Å². The molecule has 0 aromatic carbocycles. The van der Waals surface area contributed by atoms with Gasteiger partial charge in [-0.2, -0.15) is 0 Å². The number of hydrogen-bond acceptors (Lipinski definition) is 5. The Morgan fingerprint density at radius 1 is 0.522 bits per heavy atom. The molecule has 0 radical (unpaired) electrons. The van der Waals surface area contributed by atoms with E-state index in [1.807, 2.05) is 21.1 Å². The molecule has 9 heteroatoms. The van der Waals surface area contributed by atoms with Crippen molar-refractivity contribution in [3.05, 3.63) is 60.8 Å². The van der Waals surface area contributed by atoms with Gasteiger partial charge in [0.1, 0.15) is 13.2 Å². The number of carbonyl (C=O) groups excluding carboxylic acids is 1. The highest BCUT2D eigenvalue weighted by Gasteiger charge is 2.28. The Kier molecular flexibility index (Phi) is 47.9. The Morgan fingerprint density at radius 3 is 1.31 bits per heavy atom. The number of quaternary nitrogens is 1. The lowest BCUT2D eigenvalue weighted by Gasteiger charge is -2.26. The average molecular weight is 962 g/mol. The maximum Gasteiger partial charge on any atom is 0.472 e. The minimum absolute atomic E-state index is 0.0746. The van der Waals surface area contributed by atoms with Gasteiger partial charge in [-0.1, -0.05) is 248 Å².